The first kappa shape index (κ1) is 12.6. The van der Waals surface area contributed by atoms with Crippen LogP contribution in [-0.2, 0) is 14.4 Å². The van der Waals surface area contributed by atoms with Crippen molar-refractivity contribution in [2.45, 2.75) is 38.8 Å². The molecule has 2 amide bonds. The second-order valence-electron chi connectivity index (χ2n) is 4.04. The Hall–Kier alpha value is -1.43. The molecule has 1 heterocycles. The molecule has 6 heteroatoms. The molecule has 0 spiro atoms. The Morgan fingerprint density at radius 2 is 1.69 bits per heavy atom. The number of hydrogen-bond donors (Lipinski definition) is 2. The summed E-state index contributed by atoms with van der Waals surface area (Å²) in [5, 5.41) is 18.4. The number of carbonyl (C=O) groups excluding carboxylic acids is 2. The molecule has 0 aliphatic carbocycles. The van der Waals surface area contributed by atoms with Crippen molar-refractivity contribution in [3.8, 4) is 0 Å². The van der Waals surface area contributed by atoms with Gasteiger partial charge in [0.1, 0.15) is 6.04 Å². The lowest BCUT2D eigenvalue weighted by atomic mass is 9.95. The molecule has 1 aliphatic heterocycles. The molecule has 1 saturated heterocycles. The molecular weight excluding hydrogens is 214 g/mol. The van der Waals surface area contributed by atoms with E-state index >= 15 is 0 Å². The fourth-order valence-electron chi connectivity index (χ4n) is 1.74. The molecule has 0 aromatic heterocycles. The van der Waals surface area contributed by atoms with Crippen LogP contribution in [0.15, 0.2) is 0 Å². The van der Waals surface area contributed by atoms with Gasteiger partial charge in [0.25, 0.3) is 0 Å². The van der Waals surface area contributed by atoms with Crippen molar-refractivity contribution in [1.29, 1.82) is 0 Å². The maximum absolute atomic E-state index is 11.4. The Labute approximate surface area is 92.9 Å². The molecule has 3 atom stereocenters. The standard InChI is InChI=1S/C10H15NO5/c1-5(6(2)12)9(10(15)16)11-7(13)3-4-8(11)14/h5-6,9,12H,3-4H2,1-2H3,(H,15,16)/t5-,6-,9-/m0/s1. The first-order chi connectivity index (χ1) is 7.36. The summed E-state index contributed by atoms with van der Waals surface area (Å²) in [6, 6.07) is -1.28. The summed E-state index contributed by atoms with van der Waals surface area (Å²) in [7, 11) is 0. The molecular formula is C10H15NO5. The summed E-state index contributed by atoms with van der Waals surface area (Å²) in [5.74, 6) is -2.92. The van der Waals surface area contributed by atoms with Crippen molar-refractivity contribution in [2.24, 2.45) is 5.92 Å². The van der Waals surface area contributed by atoms with Crippen molar-refractivity contribution < 1.29 is 24.6 Å². The lowest BCUT2D eigenvalue weighted by molar-refractivity contribution is -0.158. The zero-order chi connectivity index (χ0) is 12.5. The number of aliphatic hydroxyl groups excluding tert-OH is 1. The van der Waals surface area contributed by atoms with E-state index in [0.29, 0.717) is 0 Å². The van der Waals surface area contributed by atoms with Crippen LogP contribution < -0.4 is 0 Å². The number of aliphatic carboxylic acids is 1. The normalized spacial score (nSPS) is 22.1. The van der Waals surface area contributed by atoms with E-state index in [-0.39, 0.29) is 12.8 Å². The van der Waals surface area contributed by atoms with Crippen molar-refractivity contribution in [1.82, 2.24) is 4.90 Å². The van der Waals surface area contributed by atoms with E-state index in [1.807, 2.05) is 0 Å². The number of rotatable bonds is 4. The summed E-state index contributed by atoms with van der Waals surface area (Å²) in [5.41, 5.74) is 0. The van der Waals surface area contributed by atoms with Gasteiger partial charge in [-0.05, 0) is 6.92 Å². The first-order valence-corrected chi connectivity index (χ1v) is 5.12. The molecule has 16 heavy (non-hydrogen) atoms. The fourth-order valence-corrected chi connectivity index (χ4v) is 1.74. The Morgan fingerprint density at radius 3 is 2.00 bits per heavy atom. The Balaban J connectivity index is 2.98. The van der Waals surface area contributed by atoms with Crippen LogP contribution >= 0.6 is 0 Å². The largest absolute Gasteiger partial charge is 0.480 e. The minimum Gasteiger partial charge on any atom is -0.480 e. The highest BCUT2D eigenvalue weighted by molar-refractivity contribution is 6.04. The summed E-state index contributed by atoms with van der Waals surface area (Å²) in [6.45, 7) is 2.94. The molecule has 6 nitrogen and oxygen atoms in total. The van der Waals surface area contributed by atoms with Crippen LogP contribution in [0.25, 0.3) is 0 Å². The summed E-state index contributed by atoms with van der Waals surface area (Å²) >= 11 is 0. The van der Waals surface area contributed by atoms with Crippen molar-refractivity contribution in [3.05, 3.63) is 0 Å². The Bertz CT molecular complexity index is 309. The van der Waals surface area contributed by atoms with Gasteiger partial charge in [-0.25, -0.2) is 4.79 Å². The van der Waals surface area contributed by atoms with E-state index in [1.54, 1.807) is 0 Å². The summed E-state index contributed by atoms with van der Waals surface area (Å²) in [4.78, 5) is 34.7. The zero-order valence-electron chi connectivity index (χ0n) is 9.21. The van der Waals surface area contributed by atoms with Crippen molar-refractivity contribution >= 4 is 17.8 Å². The van der Waals surface area contributed by atoms with E-state index in [0.717, 1.165) is 4.90 Å². The highest BCUT2D eigenvalue weighted by atomic mass is 16.4. The predicted octanol–water partition coefficient (Wildman–Crippen LogP) is -0.395. The van der Waals surface area contributed by atoms with Gasteiger partial charge < -0.3 is 10.2 Å². The third-order valence-electron chi connectivity index (χ3n) is 2.88. The highest BCUT2D eigenvalue weighted by Crippen LogP contribution is 2.22. The maximum Gasteiger partial charge on any atom is 0.327 e. The fraction of sp³-hybridized carbons (Fsp3) is 0.700. The van der Waals surface area contributed by atoms with Gasteiger partial charge in [-0.2, -0.15) is 0 Å². The van der Waals surface area contributed by atoms with Gasteiger partial charge in [-0.3, -0.25) is 14.5 Å². The first-order valence-electron chi connectivity index (χ1n) is 5.12. The molecule has 0 radical (unpaired) electrons. The zero-order valence-corrected chi connectivity index (χ0v) is 9.21. The van der Waals surface area contributed by atoms with Crippen LogP contribution in [0.5, 0.6) is 0 Å². The second kappa shape index (κ2) is 4.61. The highest BCUT2D eigenvalue weighted by Gasteiger charge is 2.42. The molecule has 1 aliphatic rings. The van der Waals surface area contributed by atoms with Crippen LogP contribution in [-0.4, -0.2) is 45.0 Å². The van der Waals surface area contributed by atoms with Crippen molar-refractivity contribution in [3.63, 3.8) is 0 Å². The minimum absolute atomic E-state index is 0.0507. The molecule has 90 valence electrons. The molecule has 0 aromatic carbocycles. The molecule has 2 N–H and O–H groups in total. The number of imide groups is 1. The number of carbonyl (C=O) groups is 3. The topological polar surface area (TPSA) is 94.9 Å². The third kappa shape index (κ3) is 2.21. The smallest absolute Gasteiger partial charge is 0.327 e. The van der Waals surface area contributed by atoms with E-state index in [4.69, 9.17) is 5.11 Å². The van der Waals surface area contributed by atoms with Crippen LogP contribution in [0.4, 0.5) is 0 Å². The van der Waals surface area contributed by atoms with Gasteiger partial charge in [-0.15, -0.1) is 0 Å². The predicted molar refractivity (Wildman–Crippen MR) is 53.4 cm³/mol. The lowest BCUT2D eigenvalue weighted by Gasteiger charge is -2.29. The van der Waals surface area contributed by atoms with Gasteiger partial charge in [0.05, 0.1) is 6.10 Å². The monoisotopic (exact) mass is 229 g/mol. The number of carboxylic acid groups (broad SMARTS) is 1. The van der Waals surface area contributed by atoms with Gasteiger partial charge >= 0.3 is 5.97 Å². The second-order valence-corrected chi connectivity index (χ2v) is 4.04. The molecule has 0 bridgehead atoms. The number of amides is 2. The molecule has 1 rings (SSSR count). The number of aliphatic hydroxyl groups is 1. The minimum atomic E-state index is -1.28. The Kier molecular flexibility index (Phi) is 3.64. The third-order valence-corrected chi connectivity index (χ3v) is 2.88. The van der Waals surface area contributed by atoms with Crippen molar-refractivity contribution in [2.75, 3.05) is 0 Å². The van der Waals surface area contributed by atoms with Crippen LogP contribution in [0.1, 0.15) is 26.7 Å². The van der Waals surface area contributed by atoms with Gasteiger partial charge in [0.2, 0.25) is 11.8 Å². The van der Waals surface area contributed by atoms with E-state index in [9.17, 15) is 19.5 Å². The molecule has 0 aromatic rings. The van der Waals surface area contributed by atoms with Crippen LogP contribution in [0.3, 0.4) is 0 Å². The average molecular weight is 229 g/mol. The molecule has 1 fully saturated rings. The van der Waals surface area contributed by atoms with E-state index in [1.165, 1.54) is 13.8 Å². The van der Waals surface area contributed by atoms with Crippen LogP contribution in [0.2, 0.25) is 0 Å². The van der Waals surface area contributed by atoms with Gasteiger partial charge in [-0.1, -0.05) is 6.92 Å². The number of nitrogens with zero attached hydrogens (tertiary/aromatic N) is 1. The quantitative estimate of drug-likeness (QED) is 0.640. The summed E-state index contributed by atoms with van der Waals surface area (Å²) < 4.78 is 0. The maximum atomic E-state index is 11.4. The SMILES string of the molecule is C[C@@H]([C@H](C)O)[C@@H](C(=O)O)N1C(=O)CCC1=O. The average Bonchev–Trinajstić information content (AvgIpc) is 2.49. The molecule has 0 saturated carbocycles. The van der Waals surface area contributed by atoms with E-state index < -0.39 is 35.8 Å². The van der Waals surface area contributed by atoms with Gasteiger partial charge in [0, 0.05) is 18.8 Å². The number of carboxylic acids is 1. The Morgan fingerprint density at radius 1 is 1.25 bits per heavy atom. The number of likely N-dealkylation sites (tertiary alicyclic amines) is 1. The van der Waals surface area contributed by atoms with Crippen LogP contribution in [0, 0.1) is 5.92 Å². The van der Waals surface area contributed by atoms with E-state index in [2.05, 4.69) is 0 Å². The molecule has 0 unspecified atom stereocenters. The summed E-state index contributed by atoms with van der Waals surface area (Å²) in [6.07, 6.45) is -0.799. The number of hydrogen-bond acceptors (Lipinski definition) is 4. The lowest BCUT2D eigenvalue weighted by Crippen LogP contribution is -2.50. The van der Waals surface area contributed by atoms with Gasteiger partial charge in [0.15, 0.2) is 0 Å².